The van der Waals surface area contributed by atoms with E-state index in [-0.39, 0.29) is 5.78 Å². The zero-order valence-corrected chi connectivity index (χ0v) is 14.1. The maximum atomic E-state index is 12.9. The van der Waals surface area contributed by atoms with Crippen LogP contribution in [-0.2, 0) is 4.79 Å². The Morgan fingerprint density at radius 3 is 1.79 bits per heavy atom. The molecule has 3 nitrogen and oxygen atoms in total. The van der Waals surface area contributed by atoms with Gasteiger partial charge in [-0.2, -0.15) is 0 Å². The van der Waals surface area contributed by atoms with Crippen molar-refractivity contribution in [1.29, 1.82) is 0 Å². The number of carbonyl (C=O) groups excluding carboxylic acids is 1. The first-order valence-electron chi connectivity index (χ1n) is 8.41. The fraction of sp³-hybridized carbons (Fsp3) is 0.286. The lowest BCUT2D eigenvalue weighted by molar-refractivity contribution is -0.113. The predicted molar refractivity (Wildman–Crippen MR) is 97.0 cm³/mol. The van der Waals surface area contributed by atoms with Gasteiger partial charge in [-0.1, -0.05) is 26.0 Å². The van der Waals surface area contributed by atoms with Crippen molar-refractivity contribution in [2.24, 2.45) is 11.8 Å². The van der Waals surface area contributed by atoms with Gasteiger partial charge in [0.2, 0.25) is 0 Å². The van der Waals surface area contributed by atoms with E-state index in [0.717, 1.165) is 35.4 Å². The summed E-state index contributed by atoms with van der Waals surface area (Å²) in [5, 5.41) is 0. The Bertz CT molecular complexity index is 699. The average Bonchev–Trinajstić information content (AvgIpc) is 2.60. The summed E-state index contributed by atoms with van der Waals surface area (Å²) < 4.78 is 0. The molecule has 0 aliphatic heterocycles. The van der Waals surface area contributed by atoms with Crippen molar-refractivity contribution >= 4 is 17.9 Å². The van der Waals surface area contributed by atoms with Gasteiger partial charge in [-0.05, 0) is 61.1 Å². The molecule has 3 rings (SSSR count). The number of Topliss-reactive ketones (excluding diaryl/α,β-unsaturated/α-hetero) is 1. The standard InChI is InChI=1S/C21H22N2O/c1-15(2)16-11-17(13-19-7-3-5-9-22-19)21(24)18(12-16)14-20-8-4-6-10-23-20/h3-10,13-16H,11-12H2,1-2H3/b17-13+,18-14+. The van der Waals surface area contributed by atoms with Crippen LogP contribution in [0.5, 0.6) is 0 Å². The maximum Gasteiger partial charge on any atom is 0.185 e. The molecule has 24 heavy (non-hydrogen) atoms. The van der Waals surface area contributed by atoms with Gasteiger partial charge in [-0.25, -0.2) is 0 Å². The number of nitrogens with zero attached hydrogens (tertiary/aromatic N) is 2. The van der Waals surface area contributed by atoms with Crippen LogP contribution in [0.2, 0.25) is 0 Å². The van der Waals surface area contributed by atoms with Crippen molar-refractivity contribution in [3.05, 3.63) is 71.3 Å². The molecule has 122 valence electrons. The van der Waals surface area contributed by atoms with Crippen molar-refractivity contribution < 1.29 is 4.79 Å². The number of pyridine rings is 2. The molecule has 1 fully saturated rings. The molecule has 3 heteroatoms. The van der Waals surface area contributed by atoms with E-state index < -0.39 is 0 Å². The van der Waals surface area contributed by atoms with E-state index in [1.807, 2.05) is 48.6 Å². The highest BCUT2D eigenvalue weighted by Crippen LogP contribution is 2.35. The van der Waals surface area contributed by atoms with Crippen LogP contribution in [0.25, 0.3) is 12.2 Å². The Morgan fingerprint density at radius 2 is 1.42 bits per heavy atom. The highest BCUT2D eigenvalue weighted by molar-refractivity contribution is 6.13. The monoisotopic (exact) mass is 318 g/mol. The summed E-state index contributed by atoms with van der Waals surface area (Å²) in [4.78, 5) is 21.6. The number of hydrogen-bond donors (Lipinski definition) is 0. The van der Waals surface area contributed by atoms with Crippen LogP contribution in [0.1, 0.15) is 38.1 Å². The van der Waals surface area contributed by atoms with Crippen molar-refractivity contribution in [3.63, 3.8) is 0 Å². The van der Waals surface area contributed by atoms with E-state index in [1.54, 1.807) is 12.4 Å². The number of aromatic nitrogens is 2. The molecule has 2 heterocycles. The van der Waals surface area contributed by atoms with Gasteiger partial charge in [0.25, 0.3) is 0 Å². The van der Waals surface area contributed by atoms with Gasteiger partial charge in [0.1, 0.15) is 0 Å². The summed E-state index contributed by atoms with van der Waals surface area (Å²) in [5.41, 5.74) is 3.37. The summed E-state index contributed by atoms with van der Waals surface area (Å²) in [6.07, 6.45) is 9.00. The van der Waals surface area contributed by atoms with Gasteiger partial charge in [-0.3, -0.25) is 14.8 Å². The van der Waals surface area contributed by atoms with Crippen LogP contribution in [-0.4, -0.2) is 15.8 Å². The Balaban J connectivity index is 1.96. The lowest BCUT2D eigenvalue weighted by Crippen LogP contribution is -2.23. The first-order chi connectivity index (χ1) is 11.6. The van der Waals surface area contributed by atoms with E-state index in [9.17, 15) is 4.79 Å². The smallest absolute Gasteiger partial charge is 0.185 e. The van der Waals surface area contributed by atoms with Crippen LogP contribution in [0, 0.1) is 11.8 Å². The van der Waals surface area contributed by atoms with Gasteiger partial charge < -0.3 is 0 Å². The minimum atomic E-state index is 0.128. The van der Waals surface area contributed by atoms with Crippen molar-refractivity contribution in [3.8, 4) is 0 Å². The van der Waals surface area contributed by atoms with Crippen molar-refractivity contribution in [2.75, 3.05) is 0 Å². The number of ketones is 1. The lowest BCUT2D eigenvalue weighted by Gasteiger charge is -2.28. The fourth-order valence-electron chi connectivity index (χ4n) is 3.03. The number of rotatable bonds is 3. The van der Waals surface area contributed by atoms with E-state index in [4.69, 9.17) is 0 Å². The molecule has 1 saturated carbocycles. The van der Waals surface area contributed by atoms with Gasteiger partial charge in [-0.15, -0.1) is 0 Å². The van der Waals surface area contributed by atoms with E-state index in [0.29, 0.717) is 11.8 Å². The molecule has 0 aromatic carbocycles. The van der Waals surface area contributed by atoms with Crippen LogP contribution in [0.3, 0.4) is 0 Å². The Morgan fingerprint density at radius 1 is 0.917 bits per heavy atom. The maximum absolute atomic E-state index is 12.9. The molecular weight excluding hydrogens is 296 g/mol. The Kier molecular flexibility index (Phi) is 4.99. The van der Waals surface area contributed by atoms with Gasteiger partial charge >= 0.3 is 0 Å². The summed E-state index contributed by atoms with van der Waals surface area (Å²) in [6, 6.07) is 11.5. The fourth-order valence-corrected chi connectivity index (χ4v) is 3.03. The summed E-state index contributed by atoms with van der Waals surface area (Å²) >= 11 is 0. The molecule has 2 aromatic rings. The third-order valence-electron chi connectivity index (χ3n) is 4.51. The Hall–Kier alpha value is -2.55. The van der Waals surface area contributed by atoms with Crippen LogP contribution in [0.15, 0.2) is 59.9 Å². The van der Waals surface area contributed by atoms with Gasteiger partial charge in [0.05, 0.1) is 11.4 Å². The topological polar surface area (TPSA) is 42.9 Å². The second-order valence-electron chi connectivity index (χ2n) is 6.59. The summed E-state index contributed by atoms with van der Waals surface area (Å²) in [7, 11) is 0. The number of allylic oxidation sites excluding steroid dienone is 2. The number of carbonyl (C=O) groups is 1. The highest BCUT2D eigenvalue weighted by atomic mass is 16.1. The normalized spacial score (nSPS) is 21.6. The molecule has 0 bridgehead atoms. The Labute approximate surface area is 143 Å². The number of hydrogen-bond acceptors (Lipinski definition) is 3. The SMILES string of the molecule is CC(C)C1C/C(=C\c2ccccn2)C(=O)/C(=C/c2ccccn2)C1. The van der Waals surface area contributed by atoms with Gasteiger partial charge in [0, 0.05) is 23.5 Å². The zero-order valence-electron chi connectivity index (χ0n) is 14.1. The molecule has 1 aliphatic rings. The van der Waals surface area contributed by atoms with Crippen LogP contribution in [0.4, 0.5) is 0 Å². The molecule has 0 saturated heterocycles. The summed E-state index contributed by atoms with van der Waals surface area (Å²) in [5.74, 6) is 1.12. The van der Waals surface area contributed by atoms with Gasteiger partial charge in [0.15, 0.2) is 5.78 Å². The van der Waals surface area contributed by atoms with E-state index in [1.165, 1.54) is 0 Å². The molecule has 0 amide bonds. The van der Waals surface area contributed by atoms with E-state index in [2.05, 4.69) is 23.8 Å². The molecule has 0 atom stereocenters. The molecule has 0 N–H and O–H groups in total. The predicted octanol–water partition coefficient (Wildman–Crippen LogP) is 4.58. The molecular formula is C21H22N2O. The largest absolute Gasteiger partial charge is 0.289 e. The van der Waals surface area contributed by atoms with Crippen molar-refractivity contribution in [1.82, 2.24) is 9.97 Å². The second kappa shape index (κ2) is 7.35. The lowest BCUT2D eigenvalue weighted by atomic mass is 9.75. The third kappa shape index (κ3) is 3.85. The first kappa shape index (κ1) is 16.3. The molecule has 0 spiro atoms. The average molecular weight is 318 g/mol. The third-order valence-corrected chi connectivity index (χ3v) is 4.51. The van der Waals surface area contributed by atoms with E-state index >= 15 is 0 Å². The van der Waals surface area contributed by atoms with Crippen LogP contribution >= 0.6 is 0 Å². The molecule has 0 radical (unpaired) electrons. The highest BCUT2D eigenvalue weighted by Gasteiger charge is 2.29. The van der Waals surface area contributed by atoms with Crippen LogP contribution < -0.4 is 0 Å². The second-order valence-corrected chi connectivity index (χ2v) is 6.59. The minimum absolute atomic E-state index is 0.128. The summed E-state index contributed by atoms with van der Waals surface area (Å²) in [6.45, 7) is 4.44. The minimum Gasteiger partial charge on any atom is -0.289 e. The quantitative estimate of drug-likeness (QED) is 0.778. The molecule has 1 aliphatic carbocycles. The molecule has 0 unspecified atom stereocenters. The first-order valence-corrected chi connectivity index (χ1v) is 8.41. The zero-order chi connectivity index (χ0) is 16.9. The van der Waals surface area contributed by atoms with Crippen molar-refractivity contribution in [2.45, 2.75) is 26.7 Å². The molecule has 2 aromatic heterocycles.